The fraction of sp³-hybridized carbons (Fsp3) is 0.333. The van der Waals surface area contributed by atoms with Crippen LogP contribution in [0.4, 0.5) is 21.6 Å². The molecule has 16 heteroatoms. The first-order valence-corrected chi connectivity index (χ1v) is 16.0. The molecule has 0 aromatic carbocycles. The Balaban J connectivity index is 0.000000236. The number of esters is 3. The molecular weight excluding hydrogens is 637 g/mol. The molecule has 0 atom stereocenters. The number of methoxy groups -OCH3 is 1. The Labute approximate surface area is 263 Å². The summed E-state index contributed by atoms with van der Waals surface area (Å²) in [5.41, 5.74) is 0.332. The standard InChI is InChI=1S/C14H16N2O4S2.C13H14N2O4S2/c1-14(2,3)20-11(17)9-7-22-13(16-9)15-8-5-6-21-10(8)12(18)19-4;1-13(2,3)19-11(18)8-6-21-12(15-8)14-7-4-5-20-9(7)10(16)17/h5-7H,1-4H3,(H,15,16);4-6H,1-3H3,(H,14,15)(H,16,17). The average molecular weight is 667 g/mol. The van der Waals surface area contributed by atoms with Crippen molar-refractivity contribution in [2.24, 2.45) is 0 Å². The highest BCUT2D eigenvalue weighted by atomic mass is 32.1. The minimum atomic E-state index is -1.00. The molecule has 4 heterocycles. The number of carbonyl (C=O) groups is 4. The smallest absolute Gasteiger partial charge is 0.358 e. The van der Waals surface area contributed by atoms with Gasteiger partial charge >= 0.3 is 23.9 Å². The molecule has 0 saturated heterocycles. The maximum absolute atomic E-state index is 11.9. The van der Waals surface area contributed by atoms with Crippen LogP contribution < -0.4 is 10.6 Å². The predicted octanol–water partition coefficient (Wildman–Crippen LogP) is 7.29. The van der Waals surface area contributed by atoms with Gasteiger partial charge in [0.1, 0.15) is 21.0 Å². The summed E-state index contributed by atoms with van der Waals surface area (Å²) in [6.07, 6.45) is 0. The first kappa shape index (κ1) is 33.6. The molecule has 0 aliphatic heterocycles. The Bertz CT molecular complexity index is 1590. The first-order valence-electron chi connectivity index (χ1n) is 12.4. The van der Waals surface area contributed by atoms with Crippen LogP contribution in [0, 0.1) is 0 Å². The van der Waals surface area contributed by atoms with E-state index >= 15 is 0 Å². The number of thiazole rings is 2. The number of aromatic carboxylic acids is 1. The Hall–Kier alpha value is -3.86. The van der Waals surface area contributed by atoms with Gasteiger partial charge in [-0.15, -0.1) is 45.3 Å². The first-order chi connectivity index (χ1) is 20.1. The lowest BCUT2D eigenvalue weighted by Crippen LogP contribution is -2.24. The van der Waals surface area contributed by atoms with Crippen molar-refractivity contribution in [3.05, 3.63) is 54.8 Å². The Morgan fingerprint density at radius 2 is 1.12 bits per heavy atom. The Kier molecular flexibility index (Phi) is 11.0. The van der Waals surface area contributed by atoms with Crippen LogP contribution in [0.25, 0.3) is 0 Å². The highest BCUT2D eigenvalue weighted by molar-refractivity contribution is 7.15. The molecule has 3 N–H and O–H groups in total. The zero-order chi connectivity index (χ0) is 31.9. The van der Waals surface area contributed by atoms with Gasteiger partial charge < -0.3 is 30.0 Å². The summed E-state index contributed by atoms with van der Waals surface area (Å²) >= 11 is 4.86. The number of rotatable bonds is 8. The van der Waals surface area contributed by atoms with Gasteiger partial charge in [-0.25, -0.2) is 29.1 Å². The summed E-state index contributed by atoms with van der Waals surface area (Å²) in [6, 6.07) is 3.41. The minimum absolute atomic E-state index is 0.198. The van der Waals surface area contributed by atoms with Crippen LogP contribution in [-0.4, -0.2) is 57.3 Å². The molecule has 0 aliphatic rings. The Morgan fingerprint density at radius 1 is 0.698 bits per heavy atom. The quantitative estimate of drug-likeness (QED) is 0.127. The molecule has 0 fully saturated rings. The van der Waals surface area contributed by atoms with Gasteiger partial charge in [-0.1, -0.05) is 0 Å². The van der Waals surface area contributed by atoms with Gasteiger partial charge in [0.2, 0.25) is 0 Å². The van der Waals surface area contributed by atoms with Gasteiger partial charge in [0.05, 0.1) is 18.5 Å². The van der Waals surface area contributed by atoms with E-state index in [1.165, 1.54) is 41.1 Å². The normalized spacial score (nSPS) is 11.1. The van der Waals surface area contributed by atoms with E-state index in [1.807, 2.05) is 0 Å². The van der Waals surface area contributed by atoms with E-state index in [0.29, 0.717) is 26.5 Å². The lowest BCUT2D eigenvalue weighted by molar-refractivity contribution is 0.00515. The summed E-state index contributed by atoms with van der Waals surface area (Å²) in [6.45, 7) is 10.7. The zero-order valence-electron chi connectivity index (χ0n) is 24.3. The minimum Gasteiger partial charge on any atom is -0.477 e. The molecule has 0 aliphatic carbocycles. The van der Waals surface area contributed by atoms with E-state index < -0.39 is 35.1 Å². The molecule has 4 aromatic heterocycles. The van der Waals surface area contributed by atoms with E-state index in [2.05, 4.69) is 20.6 Å². The summed E-state index contributed by atoms with van der Waals surface area (Å²) in [4.78, 5) is 55.4. The van der Waals surface area contributed by atoms with E-state index in [-0.39, 0.29) is 16.3 Å². The topological polar surface area (TPSA) is 166 Å². The number of nitrogens with zero attached hydrogens (tertiary/aromatic N) is 2. The van der Waals surface area contributed by atoms with E-state index in [9.17, 15) is 19.2 Å². The second kappa shape index (κ2) is 14.1. The second-order valence-corrected chi connectivity index (χ2v) is 14.0. The van der Waals surface area contributed by atoms with Gasteiger partial charge in [0.15, 0.2) is 21.7 Å². The van der Waals surface area contributed by atoms with Gasteiger partial charge in [-0.05, 0) is 64.4 Å². The zero-order valence-corrected chi connectivity index (χ0v) is 27.6. The van der Waals surface area contributed by atoms with Crippen molar-refractivity contribution in [2.45, 2.75) is 52.7 Å². The van der Waals surface area contributed by atoms with E-state index in [1.54, 1.807) is 75.2 Å². The fourth-order valence-electron chi connectivity index (χ4n) is 2.97. The summed E-state index contributed by atoms with van der Waals surface area (Å²) in [5, 5.41) is 22.5. The van der Waals surface area contributed by atoms with Crippen molar-refractivity contribution >= 4 is 90.9 Å². The third-order valence-electron chi connectivity index (χ3n) is 4.60. The lowest BCUT2D eigenvalue weighted by atomic mass is 10.2. The number of hydrogen-bond donors (Lipinski definition) is 3. The number of ether oxygens (including phenoxy) is 3. The number of thiophene rings is 2. The number of nitrogens with one attached hydrogen (secondary N) is 2. The van der Waals surface area contributed by atoms with Gasteiger partial charge in [0.25, 0.3) is 0 Å². The van der Waals surface area contributed by atoms with Gasteiger partial charge in [-0.2, -0.15) is 0 Å². The summed E-state index contributed by atoms with van der Waals surface area (Å²) in [7, 11) is 1.33. The third-order valence-corrected chi connectivity index (χ3v) is 7.92. The van der Waals surface area contributed by atoms with E-state index in [4.69, 9.17) is 19.3 Å². The monoisotopic (exact) mass is 666 g/mol. The van der Waals surface area contributed by atoms with Crippen LogP contribution >= 0.6 is 45.3 Å². The fourth-order valence-corrected chi connectivity index (χ4v) is 5.81. The maximum Gasteiger partial charge on any atom is 0.358 e. The molecule has 0 spiro atoms. The van der Waals surface area contributed by atoms with Crippen molar-refractivity contribution in [3.63, 3.8) is 0 Å². The van der Waals surface area contributed by atoms with Crippen LogP contribution in [0.3, 0.4) is 0 Å². The number of anilines is 4. The molecular formula is C27H30N4O8S4. The second-order valence-electron chi connectivity index (χ2n) is 10.5. The molecule has 4 rings (SSSR count). The molecule has 4 aromatic rings. The van der Waals surface area contributed by atoms with Crippen molar-refractivity contribution in [1.82, 2.24) is 9.97 Å². The molecule has 230 valence electrons. The van der Waals surface area contributed by atoms with Crippen molar-refractivity contribution in [2.75, 3.05) is 17.7 Å². The molecule has 0 radical (unpaired) electrons. The highest BCUT2D eigenvalue weighted by Gasteiger charge is 2.22. The number of carboxylic acid groups (broad SMARTS) is 1. The average Bonchev–Trinajstić information content (AvgIpc) is 3.70. The van der Waals surface area contributed by atoms with Crippen molar-refractivity contribution in [1.29, 1.82) is 0 Å². The maximum atomic E-state index is 11.9. The lowest BCUT2D eigenvalue weighted by Gasteiger charge is -2.18. The summed E-state index contributed by atoms with van der Waals surface area (Å²) < 4.78 is 15.2. The van der Waals surface area contributed by atoms with Gasteiger partial charge in [0, 0.05) is 10.8 Å². The molecule has 12 nitrogen and oxygen atoms in total. The van der Waals surface area contributed by atoms with E-state index in [0.717, 1.165) is 11.3 Å². The van der Waals surface area contributed by atoms with Crippen molar-refractivity contribution in [3.8, 4) is 0 Å². The number of carboxylic acids is 1. The molecule has 0 amide bonds. The highest BCUT2D eigenvalue weighted by Crippen LogP contribution is 2.30. The largest absolute Gasteiger partial charge is 0.477 e. The number of hydrogen-bond acceptors (Lipinski definition) is 15. The van der Waals surface area contributed by atoms with Crippen LogP contribution in [0.15, 0.2) is 33.7 Å². The molecule has 0 unspecified atom stereocenters. The molecule has 43 heavy (non-hydrogen) atoms. The molecule has 0 bridgehead atoms. The van der Waals surface area contributed by atoms with Crippen LogP contribution in [0.2, 0.25) is 0 Å². The van der Waals surface area contributed by atoms with Crippen LogP contribution in [-0.2, 0) is 14.2 Å². The third kappa shape index (κ3) is 10.1. The SMILES string of the molecule is CC(C)(C)OC(=O)c1csc(Nc2ccsc2C(=O)O)n1.COC(=O)c1sccc1Nc1nc(C(=O)OC(C)(C)C)cs1. The van der Waals surface area contributed by atoms with Crippen molar-refractivity contribution < 1.29 is 38.5 Å². The van der Waals surface area contributed by atoms with Gasteiger partial charge in [-0.3, -0.25) is 0 Å². The van der Waals surface area contributed by atoms with Crippen LogP contribution in [0.5, 0.6) is 0 Å². The van der Waals surface area contributed by atoms with Crippen LogP contribution in [0.1, 0.15) is 81.9 Å². The number of aromatic nitrogens is 2. The number of carbonyl (C=O) groups excluding carboxylic acids is 3. The summed E-state index contributed by atoms with van der Waals surface area (Å²) in [5.74, 6) is -2.40. The predicted molar refractivity (Wildman–Crippen MR) is 168 cm³/mol. The Morgan fingerprint density at radius 3 is 1.51 bits per heavy atom. The molecule has 0 saturated carbocycles.